The van der Waals surface area contributed by atoms with Crippen LogP contribution in [0.5, 0.6) is 5.75 Å². The van der Waals surface area contributed by atoms with E-state index in [1.54, 1.807) is 7.11 Å². The number of hydrogen-bond acceptors (Lipinski definition) is 3. The first-order chi connectivity index (χ1) is 10.1. The topological polar surface area (TPSA) is 53.3 Å². The average molecular weight is 286 g/mol. The zero-order chi connectivity index (χ0) is 15.3. The number of ether oxygens (including phenoxy) is 1. The van der Waals surface area contributed by atoms with E-state index in [0.717, 1.165) is 30.7 Å². The third-order valence-corrected chi connectivity index (χ3v) is 4.08. The molecule has 0 unspecified atom stereocenters. The molecule has 0 aromatic heterocycles. The minimum absolute atomic E-state index is 0.138. The summed E-state index contributed by atoms with van der Waals surface area (Å²) in [6.07, 6.45) is 2.97. The van der Waals surface area contributed by atoms with E-state index in [1.165, 1.54) is 0 Å². The Morgan fingerprint density at radius 1 is 1.52 bits per heavy atom. The molecule has 0 saturated carbocycles. The van der Waals surface area contributed by atoms with Gasteiger partial charge >= 0.3 is 0 Å². The highest BCUT2D eigenvalue weighted by Gasteiger charge is 2.32. The van der Waals surface area contributed by atoms with Crippen molar-refractivity contribution in [2.24, 2.45) is 5.41 Å². The summed E-state index contributed by atoms with van der Waals surface area (Å²) in [4.78, 5) is 14.2. The molecule has 112 valence electrons. The molecular formula is C17H22N2O2. The second-order valence-electron chi connectivity index (χ2n) is 5.94. The summed E-state index contributed by atoms with van der Waals surface area (Å²) in [6, 6.07) is 10.1. The van der Waals surface area contributed by atoms with Gasteiger partial charge in [0.1, 0.15) is 5.75 Å². The smallest absolute Gasteiger partial charge is 0.222 e. The van der Waals surface area contributed by atoms with Crippen molar-refractivity contribution >= 4 is 5.91 Å². The van der Waals surface area contributed by atoms with E-state index in [0.29, 0.717) is 19.4 Å². The Morgan fingerprint density at radius 2 is 2.33 bits per heavy atom. The Balaban J connectivity index is 1.91. The van der Waals surface area contributed by atoms with Crippen molar-refractivity contribution < 1.29 is 9.53 Å². The van der Waals surface area contributed by atoms with Gasteiger partial charge in [-0.15, -0.1) is 0 Å². The molecule has 1 atom stereocenters. The van der Waals surface area contributed by atoms with Gasteiger partial charge in [-0.2, -0.15) is 5.26 Å². The number of nitriles is 1. The summed E-state index contributed by atoms with van der Waals surface area (Å²) in [5.74, 6) is 0.953. The van der Waals surface area contributed by atoms with Crippen LogP contribution in [0.3, 0.4) is 0 Å². The Hall–Kier alpha value is -2.02. The summed E-state index contributed by atoms with van der Waals surface area (Å²) < 4.78 is 5.19. The fraction of sp³-hybridized carbons (Fsp3) is 0.529. The molecule has 0 radical (unpaired) electrons. The molecule has 4 nitrogen and oxygen atoms in total. The lowest BCUT2D eigenvalue weighted by Gasteiger charge is -2.36. The maximum Gasteiger partial charge on any atom is 0.222 e. The van der Waals surface area contributed by atoms with E-state index in [1.807, 2.05) is 36.1 Å². The molecule has 1 amide bonds. The predicted octanol–water partition coefficient (Wildman–Crippen LogP) is 2.78. The van der Waals surface area contributed by atoms with Crippen molar-refractivity contribution in [1.29, 1.82) is 5.26 Å². The largest absolute Gasteiger partial charge is 0.497 e. The van der Waals surface area contributed by atoms with Gasteiger partial charge in [0.05, 0.1) is 18.6 Å². The molecule has 1 aromatic rings. The zero-order valence-corrected chi connectivity index (χ0v) is 12.8. The fourth-order valence-electron chi connectivity index (χ4n) is 2.78. The molecule has 0 spiro atoms. The minimum Gasteiger partial charge on any atom is -0.497 e. The van der Waals surface area contributed by atoms with E-state index < -0.39 is 0 Å². The van der Waals surface area contributed by atoms with E-state index in [9.17, 15) is 10.1 Å². The third-order valence-electron chi connectivity index (χ3n) is 4.08. The van der Waals surface area contributed by atoms with Crippen LogP contribution in [-0.2, 0) is 11.2 Å². The molecule has 4 heteroatoms. The number of amides is 1. The maximum absolute atomic E-state index is 12.3. The molecule has 0 N–H and O–H groups in total. The van der Waals surface area contributed by atoms with Gasteiger partial charge in [0, 0.05) is 19.5 Å². The van der Waals surface area contributed by atoms with Crippen LogP contribution in [0.2, 0.25) is 0 Å². The van der Waals surface area contributed by atoms with Crippen LogP contribution in [0.4, 0.5) is 0 Å². The predicted molar refractivity (Wildman–Crippen MR) is 80.8 cm³/mol. The fourth-order valence-corrected chi connectivity index (χ4v) is 2.78. The monoisotopic (exact) mass is 286 g/mol. The number of nitrogens with zero attached hydrogens (tertiary/aromatic N) is 2. The lowest BCUT2D eigenvalue weighted by molar-refractivity contribution is -0.133. The Kier molecular flexibility index (Phi) is 4.85. The molecule has 1 aliphatic rings. The number of rotatable bonds is 4. The Bertz CT molecular complexity index is 550. The van der Waals surface area contributed by atoms with Crippen LogP contribution in [0, 0.1) is 16.7 Å². The van der Waals surface area contributed by atoms with Gasteiger partial charge in [-0.1, -0.05) is 12.1 Å². The Labute approximate surface area is 126 Å². The van der Waals surface area contributed by atoms with E-state index in [2.05, 4.69) is 6.07 Å². The second kappa shape index (κ2) is 6.62. The first-order valence-corrected chi connectivity index (χ1v) is 7.38. The van der Waals surface area contributed by atoms with Crippen LogP contribution in [0.25, 0.3) is 0 Å². The van der Waals surface area contributed by atoms with E-state index >= 15 is 0 Å². The molecule has 2 rings (SSSR count). The van der Waals surface area contributed by atoms with Crippen molar-refractivity contribution in [2.45, 2.75) is 32.6 Å². The van der Waals surface area contributed by atoms with Crippen molar-refractivity contribution in [3.05, 3.63) is 29.8 Å². The molecule has 0 bridgehead atoms. The second-order valence-corrected chi connectivity index (χ2v) is 5.94. The first-order valence-electron chi connectivity index (χ1n) is 7.38. The lowest BCUT2D eigenvalue weighted by Crippen LogP contribution is -2.44. The van der Waals surface area contributed by atoms with Crippen LogP contribution in [-0.4, -0.2) is 31.0 Å². The minimum atomic E-state index is -0.385. The maximum atomic E-state index is 12.3. The SMILES string of the molecule is COc1cccc(CCC(=O)N2CCC[C@@](C)(C#N)C2)c1. The van der Waals surface area contributed by atoms with E-state index in [4.69, 9.17) is 4.74 Å². The molecular weight excluding hydrogens is 264 g/mol. The van der Waals surface area contributed by atoms with Gasteiger partial charge < -0.3 is 9.64 Å². The van der Waals surface area contributed by atoms with Crippen molar-refractivity contribution in [1.82, 2.24) is 4.90 Å². The molecule has 1 saturated heterocycles. The molecule has 1 aromatic carbocycles. The first kappa shape index (κ1) is 15.4. The highest BCUT2D eigenvalue weighted by atomic mass is 16.5. The van der Waals surface area contributed by atoms with Gasteiger partial charge in [0.25, 0.3) is 0 Å². The van der Waals surface area contributed by atoms with Gasteiger partial charge in [0.2, 0.25) is 5.91 Å². The zero-order valence-electron chi connectivity index (χ0n) is 12.8. The summed E-state index contributed by atoms with van der Waals surface area (Å²) in [7, 11) is 1.64. The number of carbonyl (C=O) groups excluding carboxylic acids is 1. The number of benzene rings is 1. The molecule has 21 heavy (non-hydrogen) atoms. The van der Waals surface area contributed by atoms with Crippen molar-refractivity contribution in [3.63, 3.8) is 0 Å². The number of methoxy groups -OCH3 is 1. The molecule has 1 heterocycles. The normalized spacial score (nSPS) is 21.7. The van der Waals surface area contributed by atoms with Crippen LogP contribution >= 0.6 is 0 Å². The van der Waals surface area contributed by atoms with Crippen LogP contribution < -0.4 is 4.74 Å². The standard InChI is InChI=1S/C17H22N2O2/c1-17(12-18)9-4-10-19(13-17)16(20)8-7-14-5-3-6-15(11-14)21-2/h3,5-6,11H,4,7-10,13H2,1-2H3/t17-/m0/s1. The molecule has 1 aliphatic heterocycles. The van der Waals surface area contributed by atoms with Crippen molar-refractivity contribution in [2.75, 3.05) is 20.2 Å². The average Bonchev–Trinajstić information content (AvgIpc) is 2.53. The third kappa shape index (κ3) is 3.98. The summed E-state index contributed by atoms with van der Waals surface area (Å²) in [5, 5.41) is 9.21. The van der Waals surface area contributed by atoms with Gasteiger partial charge in [-0.25, -0.2) is 0 Å². The number of hydrogen-bond donors (Lipinski definition) is 0. The lowest BCUT2D eigenvalue weighted by atomic mass is 9.83. The quantitative estimate of drug-likeness (QED) is 0.855. The number of carbonyl (C=O) groups is 1. The molecule has 0 aliphatic carbocycles. The highest BCUT2D eigenvalue weighted by molar-refractivity contribution is 5.76. The summed E-state index contributed by atoms with van der Waals surface area (Å²) in [5.41, 5.74) is 0.715. The van der Waals surface area contributed by atoms with Crippen LogP contribution in [0.1, 0.15) is 31.7 Å². The van der Waals surface area contributed by atoms with Crippen molar-refractivity contribution in [3.8, 4) is 11.8 Å². The number of aryl methyl sites for hydroxylation is 1. The van der Waals surface area contributed by atoms with Gasteiger partial charge in [0.15, 0.2) is 0 Å². The molecule has 1 fully saturated rings. The number of piperidine rings is 1. The Morgan fingerprint density at radius 3 is 3.05 bits per heavy atom. The van der Waals surface area contributed by atoms with Gasteiger partial charge in [-0.3, -0.25) is 4.79 Å². The summed E-state index contributed by atoms with van der Waals surface area (Å²) in [6.45, 7) is 3.27. The number of likely N-dealkylation sites (tertiary alicyclic amines) is 1. The summed E-state index contributed by atoms with van der Waals surface area (Å²) >= 11 is 0. The van der Waals surface area contributed by atoms with E-state index in [-0.39, 0.29) is 11.3 Å². The highest BCUT2D eigenvalue weighted by Crippen LogP contribution is 2.28. The van der Waals surface area contributed by atoms with Gasteiger partial charge in [-0.05, 0) is 43.9 Å². The van der Waals surface area contributed by atoms with Crippen LogP contribution in [0.15, 0.2) is 24.3 Å².